The molecular weight excluding hydrogens is 891 g/mol. The molecule has 66 heavy (non-hydrogen) atoms. The molecule has 352 valence electrons. The van der Waals surface area contributed by atoms with E-state index in [1.54, 1.807) is 30.9 Å². The number of amides is 2. The summed E-state index contributed by atoms with van der Waals surface area (Å²) in [7, 11) is 4.81. The van der Waals surface area contributed by atoms with Gasteiger partial charge in [0.1, 0.15) is 17.9 Å². The number of piperidine rings is 1. The number of hydrogen-bond acceptors (Lipinski definition) is 14. The molecule has 2 N–H and O–H groups in total. The minimum absolute atomic E-state index is 0.205. The van der Waals surface area contributed by atoms with Crippen molar-refractivity contribution in [2.24, 2.45) is 7.05 Å². The lowest BCUT2D eigenvalue weighted by Crippen LogP contribution is -2.47. The van der Waals surface area contributed by atoms with Gasteiger partial charge < -0.3 is 38.6 Å². The molecule has 0 bridgehead atoms. The Morgan fingerprint density at radius 2 is 1.55 bits per heavy atom. The van der Waals surface area contributed by atoms with E-state index in [-0.39, 0.29) is 18.0 Å². The summed E-state index contributed by atoms with van der Waals surface area (Å²) in [5.74, 6) is 0.780. The van der Waals surface area contributed by atoms with Crippen molar-refractivity contribution in [1.82, 2.24) is 29.2 Å². The number of rotatable bonds is 23. The Labute approximate surface area is 393 Å². The van der Waals surface area contributed by atoms with Crippen LogP contribution in [0.15, 0.2) is 53.5 Å². The highest BCUT2D eigenvalue weighted by Gasteiger charge is 2.31. The molecule has 4 heterocycles. The minimum Gasteiger partial charge on any atom is -0.495 e. The van der Waals surface area contributed by atoms with Gasteiger partial charge in [-0.05, 0) is 49.4 Å². The van der Waals surface area contributed by atoms with Crippen LogP contribution in [0.4, 0.5) is 11.4 Å². The lowest BCUT2D eigenvalue weighted by Gasteiger charge is -2.34. The molecule has 0 spiro atoms. The number of aromatic nitrogens is 3. The third kappa shape index (κ3) is 11.7. The monoisotopic (exact) mass is 946 g/mol. The van der Waals surface area contributed by atoms with Crippen LogP contribution in [-0.4, -0.2) is 135 Å². The largest absolute Gasteiger partial charge is 0.495 e. The SMILES string of the molecule is COc1cc(Nc2c(C#N)cnc3cc(OCCCN4CCN(CCOCCOCCOCCCc5cccc6c5n(C)c(=O)n6C5CCC(=O)NC5=O)CC4)c(OC)cc23)c(Cl)cc1Cl. The number of imide groups is 1. The number of benzene rings is 3. The number of aryl methyl sites for hydroxylation is 2. The van der Waals surface area contributed by atoms with Gasteiger partial charge in [-0.15, -0.1) is 0 Å². The maximum Gasteiger partial charge on any atom is 0.329 e. The summed E-state index contributed by atoms with van der Waals surface area (Å²) in [5.41, 5.74) is 4.22. The average Bonchev–Trinajstić information content (AvgIpc) is 3.57. The van der Waals surface area contributed by atoms with E-state index in [1.807, 2.05) is 30.3 Å². The highest BCUT2D eigenvalue weighted by Crippen LogP contribution is 2.40. The fraction of sp³-hybridized carbons (Fsp3) is 0.468. The minimum atomic E-state index is -0.705. The Morgan fingerprint density at radius 3 is 2.26 bits per heavy atom. The number of methoxy groups -OCH3 is 2. The first-order valence-corrected chi connectivity index (χ1v) is 22.9. The maximum absolute atomic E-state index is 13.2. The van der Waals surface area contributed by atoms with E-state index in [0.29, 0.717) is 120 Å². The standard InChI is InChI=1S/C47H56Cl2N8O9/c1-54-45-31(7-4-9-38(45)57(47(54)60)39-10-11-43(58)53-46(39)59)8-5-18-63-21-23-65-24-22-64-20-17-56-15-13-55(14-16-56)12-6-19-66-42-27-36-33(25-41(42)62-3)44(32(29-50)30-51-36)52-37-28-40(61-2)35(49)26-34(37)48/h4,7,9,25-28,30,39H,5-6,8,10-24H2,1-3H3,(H,51,52)(H,53,58,59). The Morgan fingerprint density at radius 1 is 0.833 bits per heavy atom. The molecule has 3 aromatic carbocycles. The van der Waals surface area contributed by atoms with Gasteiger partial charge in [-0.3, -0.25) is 33.9 Å². The van der Waals surface area contributed by atoms with Crippen molar-refractivity contribution in [2.75, 3.05) is 105 Å². The number of nitrogens with one attached hydrogen (secondary N) is 2. The number of hydrogen-bond donors (Lipinski definition) is 2. The highest BCUT2D eigenvalue weighted by molar-refractivity contribution is 6.37. The van der Waals surface area contributed by atoms with E-state index in [0.717, 1.165) is 63.2 Å². The molecule has 2 aliphatic rings. The van der Waals surface area contributed by atoms with E-state index in [9.17, 15) is 19.6 Å². The first-order valence-electron chi connectivity index (χ1n) is 22.1. The molecule has 1 unspecified atom stereocenters. The number of imidazole rings is 1. The van der Waals surface area contributed by atoms with Gasteiger partial charge in [0.15, 0.2) is 11.5 Å². The second kappa shape index (κ2) is 23.3. The van der Waals surface area contributed by atoms with E-state index < -0.39 is 11.9 Å². The van der Waals surface area contributed by atoms with Crippen LogP contribution in [0.3, 0.4) is 0 Å². The number of halogens is 2. The molecule has 2 aliphatic heterocycles. The Bertz CT molecular complexity index is 2610. The van der Waals surface area contributed by atoms with Crippen LogP contribution in [0.2, 0.25) is 10.0 Å². The summed E-state index contributed by atoms with van der Waals surface area (Å²) in [6.45, 7) is 9.32. The number of ether oxygens (including phenoxy) is 6. The van der Waals surface area contributed by atoms with E-state index >= 15 is 0 Å². The lowest BCUT2D eigenvalue weighted by atomic mass is 10.0. The molecule has 2 saturated heterocycles. The topological polar surface area (TPSA) is 184 Å². The average molecular weight is 948 g/mol. The van der Waals surface area contributed by atoms with Crippen molar-refractivity contribution >= 4 is 68.3 Å². The van der Waals surface area contributed by atoms with Crippen LogP contribution in [0.1, 0.15) is 42.9 Å². The highest BCUT2D eigenvalue weighted by atomic mass is 35.5. The van der Waals surface area contributed by atoms with Gasteiger partial charge in [0.2, 0.25) is 11.8 Å². The van der Waals surface area contributed by atoms with Gasteiger partial charge in [0, 0.05) is 83.1 Å². The van der Waals surface area contributed by atoms with Gasteiger partial charge in [0.25, 0.3) is 0 Å². The van der Waals surface area contributed by atoms with Crippen LogP contribution in [-0.2, 0) is 37.3 Å². The third-order valence-electron chi connectivity index (χ3n) is 11.9. The predicted octanol–water partition coefficient (Wildman–Crippen LogP) is 5.87. The lowest BCUT2D eigenvalue weighted by molar-refractivity contribution is -0.135. The summed E-state index contributed by atoms with van der Waals surface area (Å²) in [5, 5.41) is 16.9. The van der Waals surface area contributed by atoms with Gasteiger partial charge >= 0.3 is 5.69 Å². The summed E-state index contributed by atoms with van der Waals surface area (Å²) in [6.07, 6.45) is 4.33. The van der Waals surface area contributed by atoms with Gasteiger partial charge in [0.05, 0.1) is 97.4 Å². The second-order valence-corrected chi connectivity index (χ2v) is 16.9. The number of nitrogens with zero attached hydrogens (tertiary/aromatic N) is 6. The first kappa shape index (κ1) is 48.5. The smallest absolute Gasteiger partial charge is 0.329 e. The van der Waals surface area contributed by atoms with E-state index in [2.05, 4.69) is 31.5 Å². The first-order chi connectivity index (χ1) is 32.1. The van der Waals surface area contributed by atoms with Crippen LogP contribution in [0.25, 0.3) is 21.9 Å². The fourth-order valence-electron chi connectivity index (χ4n) is 8.37. The van der Waals surface area contributed by atoms with Crippen LogP contribution in [0.5, 0.6) is 17.2 Å². The molecule has 5 aromatic rings. The van der Waals surface area contributed by atoms with Crippen LogP contribution in [0, 0.1) is 11.3 Å². The molecule has 0 aliphatic carbocycles. The van der Waals surface area contributed by atoms with Gasteiger partial charge in [-0.25, -0.2) is 4.79 Å². The number of nitriles is 1. The third-order valence-corrected chi connectivity index (χ3v) is 12.5. The van der Waals surface area contributed by atoms with Crippen molar-refractivity contribution in [3.63, 3.8) is 0 Å². The molecule has 1 atom stereocenters. The zero-order chi connectivity index (χ0) is 46.6. The molecule has 2 amide bonds. The molecule has 2 aromatic heterocycles. The predicted molar refractivity (Wildman–Crippen MR) is 252 cm³/mol. The van der Waals surface area contributed by atoms with Gasteiger partial charge in [-0.2, -0.15) is 5.26 Å². The number of anilines is 2. The quantitative estimate of drug-likeness (QED) is 0.0585. The van der Waals surface area contributed by atoms with Crippen molar-refractivity contribution < 1.29 is 38.0 Å². The van der Waals surface area contributed by atoms with Crippen molar-refractivity contribution in [1.29, 1.82) is 5.26 Å². The molecular formula is C47H56Cl2N8O9. The maximum atomic E-state index is 13.2. The fourth-order valence-corrected chi connectivity index (χ4v) is 8.87. The summed E-state index contributed by atoms with van der Waals surface area (Å²) < 4.78 is 37.7. The number of fused-ring (bicyclic) bond motifs is 2. The number of piperazine rings is 1. The Balaban J connectivity index is 0.740. The number of carbonyl (C=O) groups excluding carboxylic acids is 2. The second-order valence-electron chi connectivity index (χ2n) is 16.1. The normalized spacial score (nSPS) is 15.8. The number of carbonyl (C=O) groups is 2. The zero-order valence-electron chi connectivity index (χ0n) is 37.5. The van der Waals surface area contributed by atoms with Crippen LogP contribution < -0.4 is 30.5 Å². The van der Waals surface area contributed by atoms with E-state index in [1.165, 1.54) is 17.9 Å². The molecule has 7 rings (SSSR count). The summed E-state index contributed by atoms with van der Waals surface area (Å²) in [6, 6.07) is 14.1. The molecule has 0 radical (unpaired) electrons. The van der Waals surface area contributed by atoms with Crippen LogP contribution >= 0.6 is 23.2 Å². The van der Waals surface area contributed by atoms with Crippen molar-refractivity contribution in [3.8, 4) is 23.3 Å². The molecule has 17 nitrogen and oxygen atoms in total. The molecule has 2 fully saturated rings. The number of para-hydroxylation sites is 1. The van der Waals surface area contributed by atoms with Crippen molar-refractivity contribution in [3.05, 3.63) is 80.3 Å². The summed E-state index contributed by atoms with van der Waals surface area (Å²) in [4.78, 5) is 46.8. The molecule has 19 heteroatoms. The number of pyridine rings is 1. The van der Waals surface area contributed by atoms with Crippen molar-refractivity contribution in [2.45, 2.75) is 38.1 Å². The van der Waals surface area contributed by atoms with E-state index in [4.69, 9.17) is 51.6 Å². The molecule has 0 saturated carbocycles. The summed E-state index contributed by atoms with van der Waals surface area (Å²) >= 11 is 12.7. The Kier molecular flexibility index (Phi) is 17.1. The van der Waals surface area contributed by atoms with Gasteiger partial charge in [-0.1, -0.05) is 35.3 Å². The Hall–Kier alpha value is -5.45. The zero-order valence-corrected chi connectivity index (χ0v) is 39.0.